The minimum atomic E-state index is -2.84. The van der Waals surface area contributed by atoms with Crippen LogP contribution in [0.3, 0.4) is 0 Å². The first kappa shape index (κ1) is 21.5. The van der Waals surface area contributed by atoms with Crippen molar-refractivity contribution in [1.29, 1.82) is 0 Å². The van der Waals surface area contributed by atoms with E-state index < -0.39 is 12.3 Å². The van der Waals surface area contributed by atoms with Gasteiger partial charge in [-0.3, -0.25) is 4.98 Å². The molecule has 32 heavy (non-hydrogen) atoms. The number of benzene rings is 2. The average molecular weight is 455 g/mol. The van der Waals surface area contributed by atoms with Crippen molar-refractivity contribution in [2.75, 3.05) is 0 Å². The molecule has 2 aromatic heterocycles. The van der Waals surface area contributed by atoms with Crippen LogP contribution in [0.15, 0.2) is 69.3 Å². The molecule has 0 amide bonds. The van der Waals surface area contributed by atoms with Crippen molar-refractivity contribution in [3.63, 3.8) is 0 Å². The van der Waals surface area contributed by atoms with Gasteiger partial charge < -0.3 is 4.42 Å². The monoisotopic (exact) mass is 454 g/mol. The molecule has 162 valence electrons. The summed E-state index contributed by atoms with van der Waals surface area (Å²) in [5, 5.41) is 19.2. The van der Waals surface area contributed by atoms with E-state index in [9.17, 15) is 8.78 Å². The van der Waals surface area contributed by atoms with Crippen LogP contribution < -0.4 is 0 Å². The zero-order chi connectivity index (χ0) is 22.7. The molecule has 0 atom stereocenters. The Balaban J connectivity index is 1.57. The molecular formula is C22H17ClF2N6O. The lowest BCUT2D eigenvalue weighted by molar-refractivity contribution is 0.116. The van der Waals surface area contributed by atoms with E-state index in [0.717, 1.165) is 16.5 Å². The first-order valence-electron chi connectivity index (χ1n) is 9.50. The molecule has 0 aliphatic rings. The van der Waals surface area contributed by atoms with Gasteiger partial charge in [-0.05, 0) is 36.1 Å². The number of halogens is 3. The first-order valence-corrected chi connectivity index (χ1v) is 9.88. The molecular weight excluding hydrogens is 438 g/mol. The molecule has 0 aliphatic carbocycles. The highest BCUT2D eigenvalue weighted by molar-refractivity contribution is 6.31. The average Bonchev–Trinajstić information content (AvgIpc) is 3.30. The molecule has 2 heterocycles. The zero-order valence-electron chi connectivity index (χ0n) is 16.9. The Morgan fingerprint density at radius 1 is 1.19 bits per heavy atom. The van der Waals surface area contributed by atoms with Gasteiger partial charge in [-0.25, -0.2) is 0 Å². The van der Waals surface area contributed by atoms with Gasteiger partial charge in [0.05, 0.1) is 18.0 Å². The van der Waals surface area contributed by atoms with E-state index in [1.165, 1.54) is 5.12 Å². The van der Waals surface area contributed by atoms with Gasteiger partial charge in [0, 0.05) is 28.9 Å². The van der Waals surface area contributed by atoms with E-state index >= 15 is 0 Å². The summed E-state index contributed by atoms with van der Waals surface area (Å²) >= 11 is 6.39. The van der Waals surface area contributed by atoms with Crippen LogP contribution in [-0.2, 0) is 6.54 Å². The number of hydrogen-bond acceptors (Lipinski definition) is 7. The van der Waals surface area contributed by atoms with Crippen LogP contribution in [0.4, 0.5) is 8.78 Å². The molecule has 4 rings (SSSR count). The van der Waals surface area contributed by atoms with Crippen LogP contribution >= 0.6 is 11.6 Å². The lowest BCUT2D eigenvalue weighted by Crippen LogP contribution is -2.13. The maximum atomic E-state index is 12.7. The number of nitrogens with zero attached hydrogens (tertiary/aromatic N) is 6. The molecule has 4 aromatic rings. The number of hydrogen-bond donors (Lipinski definition) is 0. The van der Waals surface area contributed by atoms with Gasteiger partial charge in [-0.15, -0.1) is 10.2 Å². The van der Waals surface area contributed by atoms with Gasteiger partial charge in [-0.1, -0.05) is 41.9 Å². The highest BCUT2D eigenvalue weighted by atomic mass is 35.5. The molecule has 2 aromatic carbocycles. The lowest BCUT2D eigenvalue weighted by Gasteiger charge is -2.15. The van der Waals surface area contributed by atoms with Gasteiger partial charge in [0.15, 0.2) is 0 Å². The highest BCUT2D eigenvalue weighted by Gasteiger charge is 2.18. The SMILES string of the molecule is C=NN(Cc1ccc(-c2nnc(C(F)F)o2)cc1Cl)/N=C(\C)c1nccc2ccccc12. The van der Waals surface area contributed by atoms with Gasteiger partial charge in [0.2, 0.25) is 5.89 Å². The van der Waals surface area contributed by atoms with Crippen molar-refractivity contribution in [2.24, 2.45) is 10.2 Å². The molecule has 0 saturated carbocycles. The minimum Gasteiger partial charge on any atom is -0.415 e. The van der Waals surface area contributed by atoms with Crippen molar-refractivity contribution in [1.82, 2.24) is 20.3 Å². The summed E-state index contributed by atoms with van der Waals surface area (Å²) in [6, 6.07) is 14.7. The Hall–Kier alpha value is -3.72. The summed E-state index contributed by atoms with van der Waals surface area (Å²) in [5.41, 5.74) is 2.52. The summed E-state index contributed by atoms with van der Waals surface area (Å²) in [7, 11) is 0. The van der Waals surface area contributed by atoms with Crippen LogP contribution in [0.2, 0.25) is 5.02 Å². The van der Waals surface area contributed by atoms with E-state index in [-0.39, 0.29) is 12.4 Å². The topological polar surface area (TPSA) is 79.8 Å². The predicted molar refractivity (Wildman–Crippen MR) is 119 cm³/mol. The fourth-order valence-electron chi connectivity index (χ4n) is 3.15. The Bertz CT molecular complexity index is 1300. The molecule has 10 heteroatoms. The maximum absolute atomic E-state index is 12.7. The summed E-state index contributed by atoms with van der Waals surface area (Å²) in [5.74, 6) is -0.780. The third-order valence-electron chi connectivity index (χ3n) is 4.68. The Morgan fingerprint density at radius 2 is 2.00 bits per heavy atom. The first-order chi connectivity index (χ1) is 15.5. The molecule has 0 N–H and O–H groups in total. The van der Waals surface area contributed by atoms with E-state index in [1.54, 1.807) is 24.4 Å². The van der Waals surface area contributed by atoms with Gasteiger partial charge in [-0.2, -0.15) is 24.1 Å². The summed E-state index contributed by atoms with van der Waals surface area (Å²) in [6.45, 7) is 5.66. The molecule has 0 radical (unpaired) electrons. The van der Waals surface area contributed by atoms with E-state index in [2.05, 4.69) is 32.1 Å². The van der Waals surface area contributed by atoms with Crippen LogP contribution in [0, 0.1) is 0 Å². The summed E-state index contributed by atoms with van der Waals surface area (Å²) < 4.78 is 30.3. The van der Waals surface area contributed by atoms with Crippen LogP contribution in [0.5, 0.6) is 0 Å². The molecule has 0 fully saturated rings. The smallest absolute Gasteiger partial charge is 0.314 e. The van der Waals surface area contributed by atoms with Gasteiger partial charge in [0.25, 0.3) is 5.89 Å². The Labute approximate surface area is 187 Å². The third kappa shape index (κ3) is 4.47. The molecule has 0 bridgehead atoms. The minimum absolute atomic E-state index is 0.0386. The Kier molecular flexibility index (Phi) is 6.18. The number of aromatic nitrogens is 3. The number of rotatable bonds is 7. The molecule has 0 aliphatic heterocycles. The lowest BCUT2D eigenvalue weighted by atomic mass is 10.1. The van der Waals surface area contributed by atoms with Crippen LogP contribution in [0.1, 0.15) is 30.5 Å². The molecule has 7 nitrogen and oxygen atoms in total. The zero-order valence-corrected chi connectivity index (χ0v) is 17.7. The van der Waals surface area contributed by atoms with Gasteiger partial charge >= 0.3 is 6.43 Å². The van der Waals surface area contributed by atoms with Crippen molar-refractivity contribution in [3.05, 3.63) is 76.9 Å². The second kappa shape index (κ2) is 9.19. The van der Waals surface area contributed by atoms with Crippen LogP contribution in [-0.4, -0.2) is 32.7 Å². The van der Waals surface area contributed by atoms with Gasteiger partial charge in [0.1, 0.15) is 0 Å². The largest absolute Gasteiger partial charge is 0.415 e. The normalized spacial score (nSPS) is 11.8. The predicted octanol–water partition coefficient (Wildman–Crippen LogP) is 5.72. The third-order valence-corrected chi connectivity index (χ3v) is 5.04. The van der Waals surface area contributed by atoms with Crippen molar-refractivity contribution >= 4 is 34.8 Å². The number of hydrazone groups is 2. The van der Waals surface area contributed by atoms with Crippen molar-refractivity contribution < 1.29 is 13.2 Å². The van der Waals surface area contributed by atoms with Crippen molar-refractivity contribution in [2.45, 2.75) is 19.9 Å². The standard InChI is InChI=1S/C22H17ClF2N6O/c1-13(19-17-6-4-3-5-14(17)9-10-27-19)30-31(26-2)12-16-8-7-15(11-18(16)23)21-28-29-22(32-21)20(24)25/h3-11,20H,2,12H2,1H3/b30-13+. The van der Waals surface area contributed by atoms with Crippen LogP contribution in [0.25, 0.3) is 22.2 Å². The molecule has 0 spiro atoms. The quantitative estimate of drug-likeness (QED) is 0.263. The number of fused-ring (bicyclic) bond motifs is 1. The second-order valence-electron chi connectivity index (χ2n) is 6.79. The number of alkyl halides is 2. The highest BCUT2D eigenvalue weighted by Crippen LogP contribution is 2.28. The van der Waals surface area contributed by atoms with Crippen molar-refractivity contribution in [3.8, 4) is 11.5 Å². The molecule has 0 saturated heterocycles. The summed E-state index contributed by atoms with van der Waals surface area (Å²) in [6.07, 6.45) is -1.11. The van der Waals surface area contributed by atoms with E-state index in [0.29, 0.717) is 21.9 Å². The maximum Gasteiger partial charge on any atom is 0.314 e. The van der Waals surface area contributed by atoms with E-state index in [4.69, 9.17) is 16.0 Å². The Morgan fingerprint density at radius 3 is 2.72 bits per heavy atom. The van der Waals surface area contributed by atoms with E-state index in [1.807, 2.05) is 37.3 Å². The number of pyridine rings is 1. The summed E-state index contributed by atoms with van der Waals surface area (Å²) in [4.78, 5) is 4.46. The fraction of sp³-hybridized carbons (Fsp3) is 0.136. The fourth-order valence-corrected chi connectivity index (χ4v) is 3.39. The second-order valence-corrected chi connectivity index (χ2v) is 7.20. The molecule has 0 unspecified atom stereocenters.